The van der Waals surface area contributed by atoms with Crippen LogP contribution >= 0.6 is 0 Å². The molecule has 1 heterocycles. The summed E-state index contributed by atoms with van der Waals surface area (Å²) in [6.07, 6.45) is 0.133. The van der Waals surface area contributed by atoms with Gasteiger partial charge in [0.1, 0.15) is 17.4 Å². The van der Waals surface area contributed by atoms with Gasteiger partial charge in [0.25, 0.3) is 0 Å². The van der Waals surface area contributed by atoms with E-state index in [0.717, 1.165) is 22.8 Å². The molecule has 0 radical (unpaired) electrons. The molecule has 3 rings (SSSR count). The summed E-state index contributed by atoms with van der Waals surface area (Å²) in [6.45, 7) is 5.87. The quantitative estimate of drug-likeness (QED) is 0.639. The summed E-state index contributed by atoms with van der Waals surface area (Å²) >= 11 is 0. The third-order valence-electron chi connectivity index (χ3n) is 3.45. The molecule has 2 aromatic carbocycles. The normalized spacial score (nSPS) is 10.7. The topological polar surface area (TPSA) is 59.1 Å². The number of benzene rings is 2. The van der Waals surface area contributed by atoms with Gasteiger partial charge in [0.15, 0.2) is 0 Å². The number of hydrogen-bond acceptors (Lipinski definition) is 5. The molecule has 0 saturated heterocycles. The molecule has 0 saturated carbocycles. The molecule has 0 aliphatic carbocycles. The summed E-state index contributed by atoms with van der Waals surface area (Å²) < 4.78 is 18.7. The molecular weight excluding hydrogens is 331 g/mol. The number of halogens is 1. The highest BCUT2D eigenvalue weighted by molar-refractivity contribution is 5.60. The van der Waals surface area contributed by atoms with E-state index in [2.05, 4.69) is 20.6 Å². The first-order chi connectivity index (χ1) is 12.5. The molecule has 0 atom stereocenters. The maximum atomic E-state index is 13.0. The summed E-state index contributed by atoms with van der Waals surface area (Å²) in [6, 6.07) is 15.6. The van der Waals surface area contributed by atoms with E-state index >= 15 is 0 Å². The Morgan fingerprint density at radius 1 is 0.885 bits per heavy atom. The molecule has 0 unspecified atom stereocenters. The van der Waals surface area contributed by atoms with Crippen molar-refractivity contribution in [2.24, 2.45) is 0 Å². The Labute approximate surface area is 152 Å². The van der Waals surface area contributed by atoms with Crippen LogP contribution in [0.1, 0.15) is 19.5 Å². The van der Waals surface area contributed by atoms with Crippen molar-refractivity contribution in [3.05, 3.63) is 66.1 Å². The first-order valence-electron chi connectivity index (χ1n) is 8.40. The Balaban J connectivity index is 1.73. The SMILES string of the molecule is Cc1cc(Nc2ccc(F)cc2)nc(Nc2ccc(OC(C)C)cc2)n1. The van der Waals surface area contributed by atoms with Crippen molar-refractivity contribution in [2.45, 2.75) is 26.9 Å². The van der Waals surface area contributed by atoms with Crippen LogP contribution in [0, 0.1) is 12.7 Å². The minimum atomic E-state index is -0.276. The summed E-state index contributed by atoms with van der Waals surface area (Å²) in [4.78, 5) is 8.86. The predicted octanol–water partition coefficient (Wildman–Crippen LogP) is 5.20. The molecule has 0 amide bonds. The smallest absolute Gasteiger partial charge is 0.229 e. The lowest BCUT2D eigenvalue weighted by atomic mass is 10.3. The van der Waals surface area contributed by atoms with Crippen molar-refractivity contribution in [3.63, 3.8) is 0 Å². The molecule has 0 aliphatic heterocycles. The molecule has 0 fully saturated rings. The minimum absolute atomic E-state index is 0.133. The third-order valence-corrected chi connectivity index (χ3v) is 3.45. The maximum absolute atomic E-state index is 13.0. The average molecular weight is 352 g/mol. The zero-order valence-corrected chi connectivity index (χ0v) is 15.0. The first kappa shape index (κ1) is 17.7. The van der Waals surface area contributed by atoms with Crippen LogP contribution in [-0.2, 0) is 0 Å². The Bertz CT molecular complexity index is 864. The fourth-order valence-corrected chi connectivity index (χ4v) is 2.39. The van der Waals surface area contributed by atoms with Gasteiger partial charge in [0.05, 0.1) is 6.10 Å². The van der Waals surface area contributed by atoms with Gasteiger partial charge in [-0.15, -0.1) is 0 Å². The zero-order valence-electron chi connectivity index (χ0n) is 15.0. The molecule has 134 valence electrons. The monoisotopic (exact) mass is 352 g/mol. The van der Waals surface area contributed by atoms with Gasteiger partial charge in [-0.25, -0.2) is 9.37 Å². The summed E-state index contributed by atoms with van der Waals surface area (Å²) in [5.41, 5.74) is 2.43. The number of rotatable bonds is 6. The average Bonchev–Trinajstić information content (AvgIpc) is 2.58. The molecule has 3 aromatic rings. The number of nitrogens with zero attached hydrogens (tertiary/aromatic N) is 2. The van der Waals surface area contributed by atoms with Crippen LogP contribution in [0.15, 0.2) is 54.6 Å². The van der Waals surface area contributed by atoms with Gasteiger partial charge in [-0.05, 0) is 69.3 Å². The number of aryl methyl sites for hydroxylation is 1. The molecule has 5 nitrogen and oxygen atoms in total. The highest BCUT2D eigenvalue weighted by Crippen LogP contribution is 2.21. The second-order valence-electron chi connectivity index (χ2n) is 6.17. The number of anilines is 4. The lowest BCUT2D eigenvalue weighted by Crippen LogP contribution is -2.05. The number of hydrogen-bond donors (Lipinski definition) is 2. The van der Waals surface area contributed by atoms with Crippen LogP contribution in [-0.4, -0.2) is 16.1 Å². The first-order valence-corrected chi connectivity index (χ1v) is 8.40. The van der Waals surface area contributed by atoms with E-state index < -0.39 is 0 Å². The van der Waals surface area contributed by atoms with Gasteiger partial charge in [-0.1, -0.05) is 0 Å². The van der Waals surface area contributed by atoms with Crippen LogP contribution in [0.4, 0.5) is 27.5 Å². The third kappa shape index (κ3) is 4.92. The zero-order chi connectivity index (χ0) is 18.5. The predicted molar refractivity (Wildman–Crippen MR) is 102 cm³/mol. The Hall–Kier alpha value is -3.15. The van der Waals surface area contributed by atoms with Gasteiger partial charge < -0.3 is 15.4 Å². The molecular formula is C20H21FN4O. The van der Waals surface area contributed by atoms with Crippen molar-refractivity contribution in [3.8, 4) is 5.75 Å². The van der Waals surface area contributed by atoms with E-state index in [0.29, 0.717) is 11.8 Å². The molecule has 26 heavy (non-hydrogen) atoms. The van der Waals surface area contributed by atoms with Crippen LogP contribution in [0.25, 0.3) is 0 Å². The van der Waals surface area contributed by atoms with Crippen molar-refractivity contribution in [2.75, 3.05) is 10.6 Å². The minimum Gasteiger partial charge on any atom is -0.491 e. The number of ether oxygens (including phenoxy) is 1. The van der Waals surface area contributed by atoms with E-state index in [1.54, 1.807) is 12.1 Å². The number of aromatic nitrogens is 2. The van der Waals surface area contributed by atoms with E-state index in [1.165, 1.54) is 12.1 Å². The Morgan fingerprint density at radius 3 is 2.15 bits per heavy atom. The largest absolute Gasteiger partial charge is 0.491 e. The van der Waals surface area contributed by atoms with Crippen LogP contribution in [0.2, 0.25) is 0 Å². The Kier molecular flexibility index (Phi) is 5.31. The van der Waals surface area contributed by atoms with E-state index in [4.69, 9.17) is 4.74 Å². The second kappa shape index (κ2) is 7.82. The van der Waals surface area contributed by atoms with Gasteiger partial charge >= 0.3 is 0 Å². The van der Waals surface area contributed by atoms with E-state index in [1.807, 2.05) is 51.1 Å². The summed E-state index contributed by atoms with van der Waals surface area (Å²) in [7, 11) is 0. The molecule has 0 spiro atoms. The fourth-order valence-electron chi connectivity index (χ4n) is 2.39. The maximum Gasteiger partial charge on any atom is 0.229 e. The van der Waals surface area contributed by atoms with Crippen LogP contribution in [0.5, 0.6) is 5.75 Å². The number of nitrogens with one attached hydrogen (secondary N) is 2. The van der Waals surface area contributed by atoms with Crippen LogP contribution in [0.3, 0.4) is 0 Å². The van der Waals surface area contributed by atoms with Gasteiger partial charge in [-0.2, -0.15) is 4.98 Å². The molecule has 2 N–H and O–H groups in total. The van der Waals surface area contributed by atoms with Crippen molar-refractivity contribution < 1.29 is 9.13 Å². The van der Waals surface area contributed by atoms with Crippen molar-refractivity contribution in [1.29, 1.82) is 0 Å². The fraction of sp³-hybridized carbons (Fsp3) is 0.200. The second-order valence-corrected chi connectivity index (χ2v) is 6.17. The molecule has 0 aliphatic rings. The lowest BCUT2D eigenvalue weighted by Gasteiger charge is -2.12. The molecule has 6 heteroatoms. The lowest BCUT2D eigenvalue weighted by molar-refractivity contribution is 0.242. The standard InChI is InChI=1S/C20H21FN4O/c1-13(2)26-18-10-8-17(9-11-18)24-20-22-14(3)12-19(25-20)23-16-6-4-15(21)5-7-16/h4-13H,1-3H3,(H2,22,23,24,25). The van der Waals surface area contributed by atoms with E-state index in [-0.39, 0.29) is 11.9 Å². The summed E-state index contributed by atoms with van der Waals surface area (Å²) in [5.74, 6) is 1.65. The molecule has 1 aromatic heterocycles. The van der Waals surface area contributed by atoms with Crippen molar-refractivity contribution >= 4 is 23.1 Å². The highest BCUT2D eigenvalue weighted by atomic mass is 19.1. The summed E-state index contributed by atoms with van der Waals surface area (Å²) in [5, 5.41) is 6.33. The van der Waals surface area contributed by atoms with Crippen LogP contribution < -0.4 is 15.4 Å². The highest BCUT2D eigenvalue weighted by Gasteiger charge is 2.05. The molecule has 0 bridgehead atoms. The van der Waals surface area contributed by atoms with Gasteiger partial charge in [0, 0.05) is 23.1 Å². The van der Waals surface area contributed by atoms with Gasteiger partial charge in [0.2, 0.25) is 5.95 Å². The van der Waals surface area contributed by atoms with Crippen molar-refractivity contribution in [1.82, 2.24) is 9.97 Å². The van der Waals surface area contributed by atoms with Gasteiger partial charge in [-0.3, -0.25) is 0 Å². The Morgan fingerprint density at radius 2 is 1.50 bits per heavy atom. The van der Waals surface area contributed by atoms with E-state index in [9.17, 15) is 4.39 Å².